The van der Waals surface area contributed by atoms with Gasteiger partial charge in [-0.2, -0.15) is 0 Å². The number of nitrogens with one attached hydrogen (secondary N) is 1. The van der Waals surface area contributed by atoms with Crippen molar-refractivity contribution in [1.29, 1.82) is 0 Å². The number of aldehydes is 1. The zero-order valence-corrected chi connectivity index (χ0v) is 23.0. The van der Waals surface area contributed by atoms with Crippen LogP contribution in [0.2, 0.25) is 0 Å². The third-order valence-electron chi connectivity index (χ3n) is 7.48. The Morgan fingerprint density at radius 2 is 1.97 bits per heavy atom. The molecule has 2 amide bonds. The minimum Gasteiger partial charge on any atom is -0.492 e. The van der Waals surface area contributed by atoms with E-state index in [1.165, 1.54) is 0 Å². The number of urea groups is 1. The van der Waals surface area contributed by atoms with E-state index in [2.05, 4.69) is 29.1 Å². The van der Waals surface area contributed by atoms with Crippen LogP contribution in [0.4, 0.5) is 15.0 Å². The quantitative estimate of drug-likeness (QED) is 0.465. The second kappa shape index (κ2) is 11.9. The van der Waals surface area contributed by atoms with Gasteiger partial charge in [-0.3, -0.25) is 15.0 Å². The number of hydrogen-bond acceptors (Lipinski definition) is 5. The maximum atomic E-state index is 15.1. The maximum Gasteiger partial charge on any atom is 0.328 e. The van der Waals surface area contributed by atoms with E-state index < -0.39 is 0 Å². The van der Waals surface area contributed by atoms with Gasteiger partial charge in [0.15, 0.2) is 6.29 Å². The number of amidine groups is 1. The van der Waals surface area contributed by atoms with Crippen LogP contribution in [0.3, 0.4) is 0 Å². The molecular formula is C30H37FN4O3. The number of carbonyl (C=O) groups excluding carboxylic acids is 2. The number of allylic oxidation sites excluding steroid dienone is 1. The lowest BCUT2D eigenvalue weighted by atomic mass is 9.95. The number of aromatic nitrogens is 1. The number of amides is 2. The summed E-state index contributed by atoms with van der Waals surface area (Å²) in [6.07, 6.45) is 6.64. The Balaban J connectivity index is 1.50. The number of fused-ring (bicyclic) bond motifs is 1. The number of carbonyl (C=O) groups is 2. The highest BCUT2D eigenvalue weighted by atomic mass is 19.1. The summed E-state index contributed by atoms with van der Waals surface area (Å²) in [5.41, 5.74) is 5.64. The van der Waals surface area contributed by atoms with Crippen molar-refractivity contribution in [1.82, 2.24) is 10.3 Å². The van der Waals surface area contributed by atoms with Gasteiger partial charge in [0, 0.05) is 24.9 Å². The molecular weight excluding hydrogens is 483 g/mol. The Morgan fingerprint density at radius 3 is 2.68 bits per heavy atom. The van der Waals surface area contributed by atoms with E-state index in [9.17, 15) is 9.59 Å². The number of halogens is 1. The molecule has 2 aromatic rings. The van der Waals surface area contributed by atoms with Gasteiger partial charge in [-0.1, -0.05) is 26.8 Å². The number of benzene rings is 1. The Hall–Kier alpha value is -3.55. The SMILES string of the molecule is CCc1cc(CC)c(F)c(COC2=CN=C(NC(=O)N3CCCc4c(C)cc(C=O)nc43)CC(C)C2)c1C. The van der Waals surface area contributed by atoms with Gasteiger partial charge in [0.2, 0.25) is 0 Å². The topological polar surface area (TPSA) is 83.9 Å². The summed E-state index contributed by atoms with van der Waals surface area (Å²) >= 11 is 0. The summed E-state index contributed by atoms with van der Waals surface area (Å²) in [4.78, 5) is 35.1. The average molecular weight is 521 g/mol. The molecule has 7 nitrogen and oxygen atoms in total. The van der Waals surface area contributed by atoms with Gasteiger partial charge in [-0.15, -0.1) is 0 Å². The van der Waals surface area contributed by atoms with E-state index in [0.29, 0.717) is 66.3 Å². The standard InChI is InChI=1S/C30H37FN4O3/c1-6-21-14-22(7-2)28(31)26(20(21)5)17-38-24-11-18(3)12-27(32-15-24)34-30(37)35-10-8-9-25-19(4)13-23(16-36)33-29(25)35/h13-16,18H,6-12,17H2,1-5H3,(H,32,34,37). The van der Waals surface area contributed by atoms with E-state index in [0.717, 1.165) is 41.5 Å². The fourth-order valence-corrected chi connectivity index (χ4v) is 5.28. The highest BCUT2D eigenvalue weighted by molar-refractivity contribution is 6.05. The predicted molar refractivity (Wildman–Crippen MR) is 147 cm³/mol. The molecule has 1 N–H and O–H groups in total. The van der Waals surface area contributed by atoms with Crippen LogP contribution in [0.15, 0.2) is 29.1 Å². The van der Waals surface area contributed by atoms with Crippen molar-refractivity contribution in [3.05, 3.63) is 69.0 Å². The molecule has 202 valence electrons. The zero-order valence-electron chi connectivity index (χ0n) is 23.0. The lowest BCUT2D eigenvalue weighted by Crippen LogP contribution is -2.46. The first-order valence-electron chi connectivity index (χ1n) is 13.5. The summed E-state index contributed by atoms with van der Waals surface area (Å²) < 4.78 is 21.2. The summed E-state index contributed by atoms with van der Waals surface area (Å²) in [6.45, 7) is 10.6. The van der Waals surface area contributed by atoms with Gasteiger partial charge in [-0.05, 0) is 79.3 Å². The molecule has 0 bridgehead atoms. The molecule has 1 atom stereocenters. The molecule has 8 heteroatoms. The minimum absolute atomic E-state index is 0.142. The number of hydrogen-bond donors (Lipinski definition) is 1. The lowest BCUT2D eigenvalue weighted by molar-refractivity contribution is 0.111. The number of nitrogens with zero attached hydrogens (tertiary/aromatic N) is 3. The van der Waals surface area contributed by atoms with Gasteiger partial charge in [0.1, 0.15) is 35.5 Å². The van der Waals surface area contributed by atoms with Crippen molar-refractivity contribution in [2.24, 2.45) is 10.9 Å². The molecule has 1 aromatic heterocycles. The lowest BCUT2D eigenvalue weighted by Gasteiger charge is -2.29. The number of anilines is 1. The van der Waals surface area contributed by atoms with Gasteiger partial charge < -0.3 is 4.74 Å². The predicted octanol–water partition coefficient (Wildman–Crippen LogP) is 6.12. The van der Waals surface area contributed by atoms with Crippen LogP contribution >= 0.6 is 0 Å². The molecule has 0 spiro atoms. The van der Waals surface area contributed by atoms with Gasteiger partial charge in [0.05, 0.1) is 6.20 Å². The van der Waals surface area contributed by atoms with Gasteiger partial charge >= 0.3 is 6.03 Å². The molecule has 0 aliphatic carbocycles. The van der Waals surface area contributed by atoms with E-state index in [-0.39, 0.29) is 24.4 Å². The van der Waals surface area contributed by atoms with Gasteiger partial charge in [-0.25, -0.2) is 19.2 Å². The molecule has 1 aromatic carbocycles. The van der Waals surface area contributed by atoms with Crippen LogP contribution in [0.25, 0.3) is 0 Å². The van der Waals surface area contributed by atoms with E-state index in [1.54, 1.807) is 17.2 Å². The van der Waals surface area contributed by atoms with Crippen LogP contribution < -0.4 is 10.2 Å². The van der Waals surface area contributed by atoms with Crippen LogP contribution in [0, 0.1) is 25.6 Å². The largest absolute Gasteiger partial charge is 0.492 e. The fourth-order valence-electron chi connectivity index (χ4n) is 5.28. The highest BCUT2D eigenvalue weighted by Crippen LogP contribution is 2.29. The average Bonchev–Trinajstić information content (AvgIpc) is 3.08. The smallest absolute Gasteiger partial charge is 0.328 e. The van der Waals surface area contributed by atoms with E-state index in [1.807, 2.05) is 26.8 Å². The van der Waals surface area contributed by atoms with Crippen molar-refractivity contribution in [2.75, 3.05) is 11.4 Å². The third kappa shape index (κ3) is 5.79. The van der Waals surface area contributed by atoms with E-state index in [4.69, 9.17) is 4.74 Å². The molecule has 2 aliphatic rings. The van der Waals surface area contributed by atoms with Crippen LogP contribution in [0.1, 0.15) is 83.9 Å². The van der Waals surface area contributed by atoms with Crippen LogP contribution in [-0.2, 0) is 30.6 Å². The molecule has 4 rings (SSSR count). The first-order valence-corrected chi connectivity index (χ1v) is 13.5. The zero-order chi connectivity index (χ0) is 27.4. The van der Waals surface area contributed by atoms with Crippen molar-refractivity contribution in [3.8, 4) is 0 Å². The number of rotatable bonds is 6. The molecule has 1 unspecified atom stereocenters. The third-order valence-corrected chi connectivity index (χ3v) is 7.48. The fraction of sp³-hybridized carbons (Fsp3) is 0.467. The molecule has 0 saturated carbocycles. The molecule has 2 aliphatic heterocycles. The Labute approximate surface area is 224 Å². The number of ether oxygens (including phenoxy) is 1. The monoisotopic (exact) mass is 520 g/mol. The summed E-state index contributed by atoms with van der Waals surface area (Å²) in [6, 6.07) is 3.40. The minimum atomic E-state index is -0.314. The van der Waals surface area contributed by atoms with Gasteiger partial charge in [0.25, 0.3) is 0 Å². The molecule has 0 fully saturated rings. The number of pyridine rings is 1. The molecule has 0 radical (unpaired) electrons. The first-order chi connectivity index (χ1) is 18.2. The van der Waals surface area contributed by atoms with Crippen molar-refractivity contribution >= 4 is 24.0 Å². The first kappa shape index (κ1) is 27.5. The second-order valence-corrected chi connectivity index (χ2v) is 10.3. The number of aliphatic imine (C=N–C) groups is 1. The Morgan fingerprint density at radius 1 is 1.21 bits per heavy atom. The number of aryl methyl sites for hydroxylation is 3. The van der Waals surface area contributed by atoms with Crippen molar-refractivity contribution in [3.63, 3.8) is 0 Å². The summed E-state index contributed by atoms with van der Waals surface area (Å²) in [5.74, 6) is 1.72. The second-order valence-electron chi connectivity index (χ2n) is 10.3. The molecule has 3 heterocycles. The van der Waals surface area contributed by atoms with Crippen LogP contribution in [0.5, 0.6) is 0 Å². The summed E-state index contributed by atoms with van der Waals surface area (Å²) in [5, 5.41) is 2.95. The highest BCUT2D eigenvalue weighted by Gasteiger charge is 2.27. The van der Waals surface area contributed by atoms with Crippen molar-refractivity contribution in [2.45, 2.75) is 79.8 Å². The normalized spacial score (nSPS) is 17.2. The molecule has 0 saturated heterocycles. The van der Waals surface area contributed by atoms with E-state index >= 15 is 4.39 Å². The Bertz CT molecular complexity index is 1270. The van der Waals surface area contributed by atoms with Crippen molar-refractivity contribution < 1.29 is 18.7 Å². The van der Waals surface area contributed by atoms with Crippen LogP contribution in [-0.4, -0.2) is 29.7 Å². The Kier molecular flexibility index (Phi) is 8.59. The molecule has 38 heavy (non-hydrogen) atoms. The maximum absolute atomic E-state index is 15.1. The summed E-state index contributed by atoms with van der Waals surface area (Å²) in [7, 11) is 0.